The SMILES string of the molecule is C[C@@H](CCCO)C1CCC2=CC(=O)CC[C@]2(C)C1. The number of hydrogen-bond acceptors (Lipinski definition) is 2. The maximum Gasteiger partial charge on any atom is 0.155 e. The quantitative estimate of drug-likeness (QED) is 0.829. The van der Waals surface area contributed by atoms with Crippen molar-refractivity contribution in [2.75, 3.05) is 6.61 Å². The minimum absolute atomic E-state index is 0.282. The molecular formula is C16H26O2. The first-order valence-corrected chi connectivity index (χ1v) is 7.40. The molecule has 3 atom stereocenters. The first-order valence-electron chi connectivity index (χ1n) is 7.40. The molecule has 0 aliphatic heterocycles. The molecule has 0 aromatic rings. The summed E-state index contributed by atoms with van der Waals surface area (Å²) in [6.45, 7) is 4.98. The molecule has 0 amide bonds. The van der Waals surface area contributed by atoms with Crippen LogP contribution in [0.5, 0.6) is 0 Å². The van der Waals surface area contributed by atoms with E-state index in [-0.39, 0.29) is 5.41 Å². The van der Waals surface area contributed by atoms with Crippen LogP contribution in [0, 0.1) is 17.3 Å². The lowest BCUT2D eigenvalue weighted by Crippen LogP contribution is -2.34. The fraction of sp³-hybridized carbons (Fsp3) is 0.812. The lowest BCUT2D eigenvalue weighted by atomic mass is 9.60. The molecule has 2 rings (SSSR count). The second-order valence-electron chi connectivity index (χ2n) is 6.54. The van der Waals surface area contributed by atoms with Gasteiger partial charge in [-0.25, -0.2) is 0 Å². The number of aliphatic hydroxyl groups excluding tert-OH is 1. The molecule has 0 aromatic carbocycles. The molecule has 1 N–H and O–H groups in total. The second-order valence-corrected chi connectivity index (χ2v) is 6.54. The number of hydrogen-bond donors (Lipinski definition) is 1. The van der Waals surface area contributed by atoms with E-state index >= 15 is 0 Å². The lowest BCUT2D eigenvalue weighted by molar-refractivity contribution is -0.116. The van der Waals surface area contributed by atoms with E-state index < -0.39 is 0 Å². The molecule has 2 nitrogen and oxygen atoms in total. The van der Waals surface area contributed by atoms with Crippen LogP contribution >= 0.6 is 0 Å². The van der Waals surface area contributed by atoms with Gasteiger partial charge in [0.1, 0.15) is 0 Å². The molecule has 0 heterocycles. The molecular weight excluding hydrogens is 224 g/mol. The van der Waals surface area contributed by atoms with Crippen LogP contribution in [0.25, 0.3) is 0 Å². The molecule has 18 heavy (non-hydrogen) atoms. The van der Waals surface area contributed by atoms with Gasteiger partial charge in [0.2, 0.25) is 0 Å². The molecule has 0 bridgehead atoms. The summed E-state index contributed by atoms with van der Waals surface area (Å²) in [6, 6.07) is 0. The standard InChI is InChI=1S/C16H26O2/c1-12(4-3-9-17)13-5-6-14-10-15(18)7-8-16(14,2)11-13/h10,12-13,17H,3-9,11H2,1-2H3/t12-,13?,16+/m0/s1. The third-order valence-electron chi connectivity index (χ3n) is 5.15. The highest BCUT2D eigenvalue weighted by molar-refractivity contribution is 5.91. The molecule has 1 unspecified atom stereocenters. The van der Waals surface area contributed by atoms with Gasteiger partial charge in [-0.1, -0.05) is 19.4 Å². The third-order valence-corrected chi connectivity index (χ3v) is 5.15. The van der Waals surface area contributed by atoms with Crippen LogP contribution in [0.2, 0.25) is 0 Å². The fourth-order valence-electron chi connectivity index (χ4n) is 3.76. The average molecular weight is 250 g/mol. The number of ketones is 1. The van der Waals surface area contributed by atoms with Crippen molar-refractivity contribution >= 4 is 5.78 Å². The maximum atomic E-state index is 11.5. The molecule has 2 aliphatic rings. The minimum atomic E-state index is 0.282. The summed E-state index contributed by atoms with van der Waals surface area (Å²) in [5.41, 5.74) is 1.69. The van der Waals surface area contributed by atoms with E-state index in [0.29, 0.717) is 18.3 Å². The Hall–Kier alpha value is -0.630. The number of carbonyl (C=O) groups is 1. The number of rotatable bonds is 4. The Kier molecular flexibility index (Phi) is 4.26. The Bertz CT molecular complexity index is 345. The first-order chi connectivity index (χ1) is 8.55. The van der Waals surface area contributed by atoms with Crippen molar-refractivity contribution in [1.29, 1.82) is 0 Å². The highest BCUT2D eigenvalue weighted by Gasteiger charge is 2.39. The normalized spacial score (nSPS) is 33.8. The van der Waals surface area contributed by atoms with Crippen molar-refractivity contribution < 1.29 is 9.90 Å². The van der Waals surface area contributed by atoms with Crippen LogP contribution in [-0.2, 0) is 4.79 Å². The molecule has 2 heteroatoms. The van der Waals surface area contributed by atoms with E-state index in [1.165, 1.54) is 18.4 Å². The summed E-state index contributed by atoms with van der Waals surface area (Å²) in [6.07, 6.45) is 9.33. The predicted molar refractivity (Wildman–Crippen MR) is 73.3 cm³/mol. The number of aliphatic hydroxyl groups is 1. The highest BCUT2D eigenvalue weighted by atomic mass is 16.2. The monoisotopic (exact) mass is 250 g/mol. The van der Waals surface area contributed by atoms with Gasteiger partial charge in [0, 0.05) is 13.0 Å². The number of fused-ring (bicyclic) bond motifs is 1. The van der Waals surface area contributed by atoms with Gasteiger partial charge in [-0.15, -0.1) is 0 Å². The van der Waals surface area contributed by atoms with Crippen molar-refractivity contribution in [3.8, 4) is 0 Å². The summed E-state index contributed by atoms with van der Waals surface area (Å²) in [7, 11) is 0. The molecule has 0 radical (unpaired) electrons. The van der Waals surface area contributed by atoms with E-state index in [4.69, 9.17) is 5.11 Å². The van der Waals surface area contributed by atoms with Crippen LogP contribution in [-0.4, -0.2) is 17.5 Å². The molecule has 0 saturated heterocycles. The van der Waals surface area contributed by atoms with Crippen LogP contribution < -0.4 is 0 Å². The van der Waals surface area contributed by atoms with Crippen molar-refractivity contribution in [1.82, 2.24) is 0 Å². The van der Waals surface area contributed by atoms with Crippen LogP contribution in [0.15, 0.2) is 11.6 Å². The second kappa shape index (κ2) is 5.56. The van der Waals surface area contributed by atoms with Gasteiger partial charge in [-0.05, 0) is 61.9 Å². The maximum absolute atomic E-state index is 11.5. The molecule has 2 aliphatic carbocycles. The van der Waals surface area contributed by atoms with Crippen LogP contribution in [0.3, 0.4) is 0 Å². The third kappa shape index (κ3) is 2.85. The Morgan fingerprint density at radius 2 is 2.28 bits per heavy atom. The molecule has 0 aromatic heterocycles. The Morgan fingerprint density at radius 3 is 3.00 bits per heavy atom. The zero-order valence-corrected chi connectivity index (χ0v) is 11.7. The van der Waals surface area contributed by atoms with Crippen molar-refractivity contribution in [3.05, 3.63) is 11.6 Å². The first kappa shape index (κ1) is 13.8. The summed E-state index contributed by atoms with van der Waals surface area (Å²) in [5, 5.41) is 8.93. The van der Waals surface area contributed by atoms with Crippen LogP contribution in [0.1, 0.15) is 58.8 Å². The molecule has 102 valence electrons. The van der Waals surface area contributed by atoms with Gasteiger partial charge in [0.15, 0.2) is 5.78 Å². The predicted octanol–water partition coefficient (Wildman–Crippen LogP) is 3.49. The van der Waals surface area contributed by atoms with Gasteiger partial charge in [0.25, 0.3) is 0 Å². The van der Waals surface area contributed by atoms with Gasteiger partial charge < -0.3 is 5.11 Å². The van der Waals surface area contributed by atoms with Gasteiger partial charge in [0.05, 0.1) is 0 Å². The van der Waals surface area contributed by atoms with Crippen LogP contribution in [0.4, 0.5) is 0 Å². The highest BCUT2D eigenvalue weighted by Crippen LogP contribution is 2.50. The largest absolute Gasteiger partial charge is 0.396 e. The van der Waals surface area contributed by atoms with Gasteiger partial charge in [-0.2, -0.15) is 0 Å². The van der Waals surface area contributed by atoms with Crippen molar-refractivity contribution in [3.63, 3.8) is 0 Å². The Labute approximate surface area is 110 Å². The Morgan fingerprint density at radius 1 is 1.50 bits per heavy atom. The molecule has 0 spiro atoms. The van der Waals surface area contributed by atoms with E-state index in [2.05, 4.69) is 13.8 Å². The zero-order chi connectivity index (χ0) is 13.2. The van der Waals surface area contributed by atoms with Crippen molar-refractivity contribution in [2.24, 2.45) is 17.3 Å². The average Bonchev–Trinajstić information content (AvgIpc) is 2.36. The molecule has 1 fully saturated rings. The van der Waals surface area contributed by atoms with E-state index in [1.807, 2.05) is 6.08 Å². The summed E-state index contributed by atoms with van der Waals surface area (Å²) in [4.78, 5) is 11.5. The summed E-state index contributed by atoms with van der Waals surface area (Å²) < 4.78 is 0. The minimum Gasteiger partial charge on any atom is -0.396 e. The molecule has 1 saturated carbocycles. The lowest BCUT2D eigenvalue weighted by Gasteiger charge is -2.44. The summed E-state index contributed by atoms with van der Waals surface area (Å²) in [5.74, 6) is 1.80. The topological polar surface area (TPSA) is 37.3 Å². The smallest absolute Gasteiger partial charge is 0.155 e. The van der Waals surface area contributed by atoms with Gasteiger partial charge in [-0.3, -0.25) is 4.79 Å². The van der Waals surface area contributed by atoms with E-state index in [9.17, 15) is 4.79 Å². The summed E-state index contributed by atoms with van der Waals surface area (Å²) >= 11 is 0. The van der Waals surface area contributed by atoms with Crippen molar-refractivity contribution in [2.45, 2.75) is 58.8 Å². The number of carbonyl (C=O) groups excluding carboxylic acids is 1. The number of allylic oxidation sites excluding steroid dienone is 2. The van der Waals surface area contributed by atoms with E-state index in [0.717, 1.165) is 38.0 Å². The Balaban J connectivity index is 2.01. The van der Waals surface area contributed by atoms with Gasteiger partial charge >= 0.3 is 0 Å². The zero-order valence-electron chi connectivity index (χ0n) is 11.7. The fourth-order valence-corrected chi connectivity index (χ4v) is 3.76. The van der Waals surface area contributed by atoms with E-state index in [1.54, 1.807) is 0 Å².